The first-order valence-electron chi connectivity index (χ1n) is 6.76. The monoisotopic (exact) mass is 284 g/mol. The van der Waals surface area contributed by atoms with Crippen LogP contribution in [0.4, 0.5) is 10.5 Å². The van der Waals surface area contributed by atoms with E-state index in [-0.39, 0.29) is 13.2 Å². The van der Waals surface area contributed by atoms with E-state index in [1.54, 1.807) is 19.1 Å². The number of hydroxylamine groups is 1. The van der Waals surface area contributed by atoms with Gasteiger partial charge in [0, 0.05) is 0 Å². The maximum atomic E-state index is 12.0. The first-order chi connectivity index (χ1) is 10.2. The Balaban J connectivity index is 2.12. The van der Waals surface area contributed by atoms with Gasteiger partial charge in [-0.25, -0.2) is 4.79 Å². The summed E-state index contributed by atoms with van der Waals surface area (Å²) in [7, 11) is 0. The third-order valence-corrected chi connectivity index (χ3v) is 2.81. The number of nitrogens with zero attached hydrogens (tertiary/aromatic N) is 1. The average Bonchev–Trinajstić information content (AvgIpc) is 2.50. The predicted molar refractivity (Wildman–Crippen MR) is 81.6 cm³/mol. The van der Waals surface area contributed by atoms with Crippen molar-refractivity contribution in [2.45, 2.75) is 13.5 Å². The molecule has 0 fully saturated rings. The van der Waals surface area contributed by atoms with E-state index in [1.807, 2.05) is 42.5 Å². The van der Waals surface area contributed by atoms with Gasteiger partial charge in [-0.15, -0.1) is 0 Å². The Bertz CT molecular complexity index is 566. The number of carbonyl (C=O) groups is 1. The molecule has 2 aromatic carbocycles. The molecule has 0 unspecified atom stereocenters. The molecule has 0 aliphatic carbocycles. The molecule has 0 bridgehead atoms. The third-order valence-electron chi connectivity index (χ3n) is 2.81. The molecule has 0 aromatic heterocycles. The first kappa shape index (κ1) is 15.1. The van der Waals surface area contributed by atoms with Crippen LogP contribution in [0.3, 0.4) is 0 Å². The van der Waals surface area contributed by atoms with Crippen molar-refractivity contribution >= 4 is 11.8 Å². The van der Waals surface area contributed by atoms with Gasteiger partial charge in [0.1, 0.15) is 6.61 Å². The summed E-state index contributed by atoms with van der Waals surface area (Å²) >= 11 is 0. The standard InChI is InChI=1S/C17H18NO3/c1-3-20-17(19)18(16-11-9-14(2)10-12-16)21-13-15-7-5-4-6-8-15/h4-12H,2-3,13H2,1H3. The maximum absolute atomic E-state index is 12.0. The lowest BCUT2D eigenvalue weighted by atomic mass is 10.2. The second-order valence-corrected chi connectivity index (χ2v) is 4.42. The summed E-state index contributed by atoms with van der Waals surface area (Å²) in [6.45, 7) is 6.15. The zero-order valence-corrected chi connectivity index (χ0v) is 12.0. The molecule has 0 spiro atoms. The van der Waals surface area contributed by atoms with E-state index in [4.69, 9.17) is 9.57 Å². The second kappa shape index (κ2) is 7.45. The van der Waals surface area contributed by atoms with Crippen molar-refractivity contribution < 1.29 is 14.4 Å². The van der Waals surface area contributed by atoms with Crippen LogP contribution in [0, 0.1) is 6.92 Å². The third kappa shape index (κ3) is 4.33. The molecule has 21 heavy (non-hydrogen) atoms. The van der Waals surface area contributed by atoms with Crippen molar-refractivity contribution in [3.05, 3.63) is 72.6 Å². The van der Waals surface area contributed by atoms with Crippen LogP contribution < -0.4 is 5.06 Å². The van der Waals surface area contributed by atoms with E-state index >= 15 is 0 Å². The second-order valence-electron chi connectivity index (χ2n) is 4.42. The Morgan fingerprint density at radius 2 is 1.76 bits per heavy atom. The van der Waals surface area contributed by atoms with Crippen LogP contribution in [-0.4, -0.2) is 12.7 Å². The number of hydrogen-bond donors (Lipinski definition) is 0. The molecule has 0 saturated carbocycles. The van der Waals surface area contributed by atoms with Crippen LogP contribution in [0.25, 0.3) is 0 Å². The molecule has 0 heterocycles. The van der Waals surface area contributed by atoms with Gasteiger partial charge in [0.25, 0.3) is 0 Å². The largest absolute Gasteiger partial charge is 0.448 e. The van der Waals surface area contributed by atoms with Crippen LogP contribution >= 0.6 is 0 Å². The highest BCUT2D eigenvalue weighted by atomic mass is 16.7. The zero-order chi connectivity index (χ0) is 15.1. The van der Waals surface area contributed by atoms with Crippen LogP contribution in [0.5, 0.6) is 0 Å². The molecular weight excluding hydrogens is 266 g/mol. The van der Waals surface area contributed by atoms with Crippen molar-refractivity contribution in [2.75, 3.05) is 11.7 Å². The number of carbonyl (C=O) groups excluding carboxylic acids is 1. The summed E-state index contributed by atoms with van der Waals surface area (Å²) in [5.41, 5.74) is 2.45. The lowest BCUT2D eigenvalue weighted by Gasteiger charge is -2.21. The number of anilines is 1. The van der Waals surface area contributed by atoms with Gasteiger partial charge >= 0.3 is 6.09 Å². The summed E-state index contributed by atoms with van der Waals surface area (Å²) in [5, 5.41) is 1.16. The van der Waals surface area contributed by atoms with Crippen LogP contribution in [0.15, 0.2) is 54.6 Å². The molecule has 2 aromatic rings. The highest BCUT2D eigenvalue weighted by molar-refractivity contribution is 5.85. The Morgan fingerprint density at radius 1 is 1.10 bits per heavy atom. The number of benzene rings is 2. The van der Waals surface area contributed by atoms with Gasteiger partial charge in [0.05, 0.1) is 12.3 Å². The van der Waals surface area contributed by atoms with Crippen molar-refractivity contribution in [3.8, 4) is 0 Å². The topological polar surface area (TPSA) is 38.8 Å². The lowest BCUT2D eigenvalue weighted by Crippen LogP contribution is -2.31. The number of rotatable bonds is 5. The minimum Gasteiger partial charge on any atom is -0.448 e. The summed E-state index contributed by atoms with van der Waals surface area (Å²) < 4.78 is 5.02. The van der Waals surface area contributed by atoms with Gasteiger partial charge in [-0.3, -0.25) is 4.84 Å². The lowest BCUT2D eigenvalue weighted by molar-refractivity contribution is 0.0692. The van der Waals surface area contributed by atoms with Gasteiger partial charge < -0.3 is 4.74 Å². The Kier molecular flexibility index (Phi) is 5.35. The molecule has 4 nitrogen and oxygen atoms in total. The molecule has 2 rings (SSSR count). The van der Waals surface area contributed by atoms with Gasteiger partial charge in [0.2, 0.25) is 0 Å². The smallest absolute Gasteiger partial charge is 0.438 e. The molecule has 4 heteroatoms. The molecule has 109 valence electrons. The minimum atomic E-state index is -0.537. The van der Waals surface area contributed by atoms with E-state index in [2.05, 4.69) is 6.92 Å². The summed E-state index contributed by atoms with van der Waals surface area (Å²) in [5.74, 6) is 0. The molecule has 0 aliphatic heterocycles. The van der Waals surface area contributed by atoms with Gasteiger partial charge in [-0.2, -0.15) is 5.06 Å². The van der Waals surface area contributed by atoms with E-state index < -0.39 is 6.09 Å². The van der Waals surface area contributed by atoms with Crippen molar-refractivity contribution in [3.63, 3.8) is 0 Å². The van der Waals surface area contributed by atoms with E-state index in [9.17, 15) is 4.79 Å². The molecule has 1 amide bonds. The summed E-state index contributed by atoms with van der Waals surface area (Å²) in [6, 6.07) is 16.8. The number of ether oxygens (including phenoxy) is 1. The van der Waals surface area contributed by atoms with E-state index in [0.717, 1.165) is 16.2 Å². The maximum Gasteiger partial charge on any atom is 0.438 e. The first-order valence-corrected chi connectivity index (χ1v) is 6.76. The Hall–Kier alpha value is -2.33. The van der Waals surface area contributed by atoms with Crippen molar-refractivity contribution in [1.82, 2.24) is 0 Å². The summed E-state index contributed by atoms with van der Waals surface area (Å²) in [6.07, 6.45) is -0.537. The molecule has 0 saturated heterocycles. The van der Waals surface area contributed by atoms with Gasteiger partial charge in [-0.1, -0.05) is 42.5 Å². The highest BCUT2D eigenvalue weighted by Crippen LogP contribution is 2.18. The molecular formula is C17H18NO3. The summed E-state index contributed by atoms with van der Waals surface area (Å²) in [4.78, 5) is 17.6. The van der Waals surface area contributed by atoms with Crippen molar-refractivity contribution in [1.29, 1.82) is 0 Å². The fourth-order valence-electron chi connectivity index (χ4n) is 1.76. The van der Waals surface area contributed by atoms with Gasteiger partial charge in [-0.05, 0) is 37.1 Å². The van der Waals surface area contributed by atoms with Crippen molar-refractivity contribution in [2.24, 2.45) is 0 Å². The fourth-order valence-corrected chi connectivity index (χ4v) is 1.76. The number of amides is 1. The molecule has 0 atom stereocenters. The van der Waals surface area contributed by atoms with Crippen LogP contribution in [-0.2, 0) is 16.2 Å². The number of hydrogen-bond acceptors (Lipinski definition) is 3. The zero-order valence-electron chi connectivity index (χ0n) is 12.0. The minimum absolute atomic E-state index is 0.284. The molecule has 0 aliphatic rings. The van der Waals surface area contributed by atoms with Crippen LogP contribution in [0.2, 0.25) is 0 Å². The van der Waals surface area contributed by atoms with Gasteiger partial charge in [0.15, 0.2) is 0 Å². The Labute approximate surface area is 124 Å². The molecule has 1 radical (unpaired) electrons. The predicted octanol–water partition coefficient (Wildman–Crippen LogP) is 3.96. The Morgan fingerprint density at radius 3 is 2.38 bits per heavy atom. The quantitative estimate of drug-likeness (QED) is 0.780. The average molecular weight is 284 g/mol. The molecule has 0 N–H and O–H groups in total. The highest BCUT2D eigenvalue weighted by Gasteiger charge is 2.18. The van der Waals surface area contributed by atoms with E-state index in [1.165, 1.54) is 0 Å². The van der Waals surface area contributed by atoms with E-state index in [0.29, 0.717) is 5.69 Å². The fraction of sp³-hybridized carbons (Fsp3) is 0.176. The SMILES string of the molecule is [CH2]c1ccc(N(OCc2ccccc2)C(=O)OCC)cc1. The normalized spacial score (nSPS) is 10.2. The van der Waals surface area contributed by atoms with Crippen LogP contribution in [0.1, 0.15) is 18.1 Å².